The van der Waals surface area contributed by atoms with Crippen LogP contribution in [0.25, 0.3) is 0 Å². The Hall–Kier alpha value is -7.84. The Morgan fingerprint density at radius 1 is 0.194 bits per heavy atom. The zero-order chi connectivity index (χ0) is 72.6. The molecule has 0 aliphatic heterocycles. The highest BCUT2D eigenvalue weighted by molar-refractivity contribution is 5.64. The van der Waals surface area contributed by atoms with Crippen LogP contribution in [0.3, 0.4) is 0 Å². The van der Waals surface area contributed by atoms with E-state index in [9.17, 15) is 40.9 Å². The van der Waals surface area contributed by atoms with Crippen molar-refractivity contribution in [2.75, 3.05) is 0 Å². The SMILES string of the molecule is CC(C)(C)c1cc2c(O)c(c1)Cc1cc(C(C)(C)C)cc(c1O)C(CCC1c3cc(C(C)(C)C)cc(c3O)Cc3cc(C(C)(C)C)cc(c3O)Cc3cc(C(C)(C)C)cc(c3O)Cc3cc(C(C)(C)C)cc1c3O)c1cc(C(C)(C)C)cc(c1O)Cc1cc(C(C)(C)C)cc(c1O)C2. The van der Waals surface area contributed by atoms with Crippen LogP contribution in [-0.2, 0) is 81.8 Å². The number of hydrogen-bond acceptors (Lipinski definition) is 8. The summed E-state index contributed by atoms with van der Waals surface area (Å²) in [4.78, 5) is 0. The summed E-state index contributed by atoms with van der Waals surface area (Å²) in [5, 5.41) is 106. The molecule has 0 radical (unpaired) electrons. The Bertz CT molecular complexity index is 3870. The third kappa shape index (κ3) is 14.7. The van der Waals surface area contributed by atoms with Crippen LogP contribution in [0.5, 0.6) is 46.0 Å². The third-order valence-corrected chi connectivity index (χ3v) is 21.4. The van der Waals surface area contributed by atoms with Gasteiger partial charge in [0.1, 0.15) is 46.0 Å². The molecule has 0 atom stereocenters. The molecule has 2 aliphatic carbocycles. The van der Waals surface area contributed by atoms with E-state index in [0.717, 1.165) is 44.5 Å². The van der Waals surface area contributed by atoms with Crippen LogP contribution in [0.4, 0.5) is 0 Å². The first-order valence-electron chi connectivity index (χ1n) is 35.7. The van der Waals surface area contributed by atoms with Crippen molar-refractivity contribution in [3.05, 3.63) is 231 Å². The predicted octanol–water partition coefficient (Wildman–Crippen LogP) is 21.6. The van der Waals surface area contributed by atoms with E-state index in [1.54, 1.807) is 0 Å². The summed E-state index contributed by atoms with van der Waals surface area (Å²) in [6.07, 6.45) is 1.65. The maximum Gasteiger partial charge on any atom is 0.122 e. The highest BCUT2D eigenvalue weighted by Crippen LogP contribution is 2.53. The van der Waals surface area contributed by atoms with Gasteiger partial charge >= 0.3 is 0 Å². The molecule has 16 bridgehead atoms. The standard InChI is InChI=1S/C90H114O8/c1-83(2,3)61-33-49-27-50-34-62(84(4,5)6)38-54(76(50)92)30-58-42-66(88(16,17)18)46-72(80(58)96)69(71-45-65(87(13,14)15)41-57(79(71)95)29-53(37-61)75(49)91)25-26-70-73-47-67(89(19,20)21)43-59(81(73)97)31-55-39-63(85(7,8)9)35-51(77(55)93)28-52-36-64(86(10,11)12)40-56(78(52)94)32-60-44-68(90(22,23)24)48-74(70)82(60)98/h33-48,69-70,91-98H,25-32H2,1-24H3. The second kappa shape index (κ2) is 25.1. The molecule has 0 spiro atoms. The fourth-order valence-corrected chi connectivity index (χ4v) is 14.6. The number of aromatic hydroxyl groups is 8. The first-order valence-corrected chi connectivity index (χ1v) is 35.7. The average Bonchev–Trinajstić information content (AvgIpc) is 0.762. The van der Waals surface area contributed by atoms with Crippen molar-refractivity contribution in [1.82, 2.24) is 0 Å². The fraction of sp³-hybridized carbons (Fsp3) is 0.467. The van der Waals surface area contributed by atoms with E-state index in [2.05, 4.69) is 263 Å². The highest BCUT2D eigenvalue weighted by atomic mass is 16.3. The van der Waals surface area contributed by atoms with E-state index in [4.69, 9.17) is 0 Å². The largest absolute Gasteiger partial charge is 0.507 e. The van der Waals surface area contributed by atoms with Crippen LogP contribution in [0.1, 0.15) is 324 Å². The number of hydrogen-bond donors (Lipinski definition) is 8. The Kier molecular flexibility index (Phi) is 18.7. The van der Waals surface area contributed by atoms with Gasteiger partial charge in [0.25, 0.3) is 0 Å². The minimum Gasteiger partial charge on any atom is -0.507 e. The number of benzene rings is 8. The number of rotatable bonds is 3. The van der Waals surface area contributed by atoms with Crippen molar-refractivity contribution in [2.45, 2.75) is 273 Å². The molecular formula is C90H114O8. The summed E-state index contributed by atoms with van der Waals surface area (Å²) in [7, 11) is 0. The lowest BCUT2D eigenvalue weighted by atomic mass is 9.73. The minimum absolute atomic E-state index is 0.0445. The lowest BCUT2D eigenvalue weighted by Crippen LogP contribution is -2.18. The Morgan fingerprint density at radius 3 is 0.429 bits per heavy atom. The predicted molar refractivity (Wildman–Crippen MR) is 404 cm³/mol. The maximum absolute atomic E-state index is 13.7. The van der Waals surface area contributed by atoms with E-state index in [1.807, 2.05) is 0 Å². The average molecular weight is 1320 g/mol. The molecule has 2 aliphatic rings. The van der Waals surface area contributed by atoms with Gasteiger partial charge in [0, 0.05) is 72.6 Å². The lowest BCUT2D eigenvalue weighted by Gasteiger charge is -2.32. The van der Waals surface area contributed by atoms with E-state index < -0.39 is 33.5 Å². The van der Waals surface area contributed by atoms with Crippen LogP contribution >= 0.6 is 0 Å². The summed E-state index contributed by atoms with van der Waals surface area (Å²) >= 11 is 0. The van der Waals surface area contributed by atoms with Crippen LogP contribution in [0, 0.1) is 0 Å². The molecule has 0 heterocycles. The Morgan fingerprint density at radius 2 is 0.306 bits per heavy atom. The molecule has 98 heavy (non-hydrogen) atoms. The smallest absolute Gasteiger partial charge is 0.122 e. The van der Waals surface area contributed by atoms with Gasteiger partial charge in [-0.2, -0.15) is 0 Å². The van der Waals surface area contributed by atoms with Gasteiger partial charge in [-0.15, -0.1) is 0 Å². The summed E-state index contributed by atoms with van der Waals surface area (Å²) in [6, 6.07) is 33.1. The second-order valence-electron chi connectivity index (χ2n) is 37.6. The van der Waals surface area contributed by atoms with Gasteiger partial charge in [-0.3, -0.25) is 0 Å². The van der Waals surface area contributed by atoms with E-state index in [0.29, 0.717) is 89.0 Å². The van der Waals surface area contributed by atoms with Gasteiger partial charge in [0.2, 0.25) is 0 Å². The molecule has 8 heteroatoms. The number of phenols is 8. The molecule has 0 unspecified atom stereocenters. The molecule has 522 valence electrons. The zero-order valence-electron chi connectivity index (χ0n) is 63.6. The molecule has 10 rings (SSSR count). The molecular weight excluding hydrogens is 1210 g/mol. The minimum atomic E-state index is -0.758. The highest BCUT2D eigenvalue weighted by Gasteiger charge is 2.37. The molecule has 8 N–H and O–H groups in total. The van der Waals surface area contributed by atoms with E-state index in [-0.39, 0.29) is 119 Å². The normalized spacial score (nSPS) is 14.8. The number of fused-ring (bicyclic) bond motifs is 16. The summed E-state index contributed by atoms with van der Waals surface area (Å²) in [5.74, 6) is -0.923. The first kappa shape index (κ1) is 72.9. The van der Waals surface area contributed by atoms with Crippen LogP contribution in [0.15, 0.2) is 97.1 Å². The molecule has 8 aromatic carbocycles. The summed E-state index contributed by atoms with van der Waals surface area (Å²) < 4.78 is 0. The van der Waals surface area contributed by atoms with Crippen molar-refractivity contribution >= 4 is 0 Å². The molecule has 0 amide bonds. The molecule has 0 saturated carbocycles. The van der Waals surface area contributed by atoms with Crippen molar-refractivity contribution in [2.24, 2.45) is 0 Å². The van der Waals surface area contributed by atoms with Gasteiger partial charge in [-0.05, 0) is 167 Å². The van der Waals surface area contributed by atoms with Crippen molar-refractivity contribution in [3.63, 3.8) is 0 Å². The van der Waals surface area contributed by atoms with Gasteiger partial charge < -0.3 is 40.9 Å². The topological polar surface area (TPSA) is 162 Å². The van der Waals surface area contributed by atoms with Gasteiger partial charge in [0.05, 0.1) is 0 Å². The lowest BCUT2D eigenvalue weighted by molar-refractivity contribution is 0.427. The van der Waals surface area contributed by atoms with Crippen LogP contribution in [-0.4, -0.2) is 40.9 Å². The van der Waals surface area contributed by atoms with Gasteiger partial charge in [-0.25, -0.2) is 0 Å². The third-order valence-electron chi connectivity index (χ3n) is 21.4. The van der Waals surface area contributed by atoms with Crippen molar-refractivity contribution < 1.29 is 40.9 Å². The Balaban J connectivity index is 1.33. The quantitative estimate of drug-likeness (QED) is 0.0867. The zero-order valence-corrected chi connectivity index (χ0v) is 63.6. The second-order valence-corrected chi connectivity index (χ2v) is 37.6. The maximum atomic E-state index is 13.7. The van der Waals surface area contributed by atoms with Crippen LogP contribution < -0.4 is 0 Å². The Labute approximate surface area is 587 Å². The first-order chi connectivity index (χ1) is 44.9. The van der Waals surface area contributed by atoms with Gasteiger partial charge in [0.15, 0.2) is 0 Å². The molecule has 0 aromatic heterocycles. The monoisotopic (exact) mass is 1320 g/mol. The van der Waals surface area contributed by atoms with Crippen molar-refractivity contribution in [3.8, 4) is 46.0 Å². The number of phenolic OH excluding ortho intramolecular Hbond substituents is 8. The van der Waals surface area contributed by atoms with Gasteiger partial charge in [-0.1, -0.05) is 263 Å². The van der Waals surface area contributed by atoms with E-state index >= 15 is 0 Å². The molecule has 8 aromatic rings. The molecule has 0 saturated heterocycles. The summed E-state index contributed by atoms with van der Waals surface area (Å²) in [5.41, 5.74) is 14.6. The van der Waals surface area contributed by atoms with Crippen molar-refractivity contribution in [1.29, 1.82) is 0 Å². The molecule has 8 nitrogen and oxygen atoms in total. The summed E-state index contributed by atoms with van der Waals surface area (Å²) in [6.45, 7) is 51.8. The fourth-order valence-electron chi connectivity index (χ4n) is 14.6. The van der Waals surface area contributed by atoms with E-state index in [1.165, 1.54) is 0 Å². The van der Waals surface area contributed by atoms with Crippen LogP contribution in [0.2, 0.25) is 0 Å². The molecule has 0 fully saturated rings.